The molecule has 152 valence electrons. The van der Waals surface area contributed by atoms with E-state index in [-0.39, 0.29) is 6.03 Å². The number of para-hydroxylation sites is 2. The van der Waals surface area contributed by atoms with Crippen LogP contribution < -0.4 is 5.32 Å². The summed E-state index contributed by atoms with van der Waals surface area (Å²) in [5.41, 5.74) is 6.29. The second kappa shape index (κ2) is 7.09. The third kappa shape index (κ3) is 3.17. The van der Waals surface area contributed by atoms with Gasteiger partial charge in [-0.15, -0.1) is 0 Å². The number of aromatic nitrogens is 3. The summed E-state index contributed by atoms with van der Waals surface area (Å²) < 4.78 is 0. The molecule has 0 bridgehead atoms. The zero-order valence-electron chi connectivity index (χ0n) is 16.9. The summed E-state index contributed by atoms with van der Waals surface area (Å²) >= 11 is 0. The monoisotopic (exact) mass is 407 g/mol. The fourth-order valence-corrected chi connectivity index (χ4v) is 4.47. The standard InChI is InChI=1S/C25H21N5O/c31-25(30-13-12-17(15-30)16-6-2-1-3-7-16)26-18-10-11-20-19(14-18)23-24(28-20)29-22-9-5-4-8-21(22)27-23/h1-11,14,17H,12-13,15H2,(H,26,31)(H,28,29)/t17-/m1/s1. The predicted molar refractivity (Wildman–Crippen MR) is 123 cm³/mol. The number of fused-ring (bicyclic) bond motifs is 4. The first kappa shape index (κ1) is 17.9. The molecule has 0 aliphatic carbocycles. The van der Waals surface area contributed by atoms with Gasteiger partial charge in [0.15, 0.2) is 5.65 Å². The van der Waals surface area contributed by atoms with Gasteiger partial charge in [-0.25, -0.2) is 14.8 Å². The van der Waals surface area contributed by atoms with E-state index in [1.807, 2.05) is 53.4 Å². The summed E-state index contributed by atoms with van der Waals surface area (Å²) in [4.78, 5) is 27.6. The maximum absolute atomic E-state index is 12.9. The first-order valence-electron chi connectivity index (χ1n) is 10.5. The van der Waals surface area contributed by atoms with Crippen LogP contribution in [-0.4, -0.2) is 39.0 Å². The Bertz CT molecular complexity index is 1430. The average Bonchev–Trinajstić information content (AvgIpc) is 3.43. The summed E-state index contributed by atoms with van der Waals surface area (Å²) in [7, 11) is 0. The summed E-state index contributed by atoms with van der Waals surface area (Å²) in [5, 5.41) is 4.02. The van der Waals surface area contributed by atoms with Crippen LogP contribution >= 0.6 is 0 Å². The first-order valence-corrected chi connectivity index (χ1v) is 10.5. The van der Waals surface area contributed by atoms with E-state index in [9.17, 15) is 4.79 Å². The van der Waals surface area contributed by atoms with Crippen molar-refractivity contribution in [1.29, 1.82) is 0 Å². The number of carbonyl (C=O) groups excluding carboxylic acids is 1. The van der Waals surface area contributed by atoms with E-state index < -0.39 is 0 Å². The fourth-order valence-electron chi connectivity index (χ4n) is 4.47. The van der Waals surface area contributed by atoms with Crippen LogP contribution in [0, 0.1) is 0 Å². The van der Waals surface area contributed by atoms with Crippen molar-refractivity contribution < 1.29 is 4.79 Å². The Morgan fingerprint density at radius 1 is 0.968 bits per heavy atom. The Morgan fingerprint density at radius 2 is 1.74 bits per heavy atom. The lowest BCUT2D eigenvalue weighted by atomic mass is 9.99. The number of carbonyl (C=O) groups is 1. The first-order chi connectivity index (χ1) is 15.2. The molecule has 0 unspecified atom stereocenters. The summed E-state index contributed by atoms with van der Waals surface area (Å²) in [6.07, 6.45) is 0.988. The highest BCUT2D eigenvalue weighted by molar-refractivity contribution is 6.07. The highest BCUT2D eigenvalue weighted by Crippen LogP contribution is 2.29. The number of hydrogen-bond donors (Lipinski definition) is 2. The smallest absolute Gasteiger partial charge is 0.321 e. The number of urea groups is 1. The maximum atomic E-state index is 12.9. The minimum Gasteiger partial charge on any atom is -0.338 e. The van der Waals surface area contributed by atoms with Gasteiger partial charge in [0.25, 0.3) is 0 Å². The molecule has 31 heavy (non-hydrogen) atoms. The van der Waals surface area contributed by atoms with Crippen LogP contribution in [0.15, 0.2) is 72.8 Å². The zero-order valence-corrected chi connectivity index (χ0v) is 16.9. The number of likely N-dealkylation sites (tertiary alicyclic amines) is 1. The molecule has 5 aromatic rings. The molecule has 3 aromatic carbocycles. The van der Waals surface area contributed by atoms with Crippen LogP contribution in [0.2, 0.25) is 0 Å². The average molecular weight is 407 g/mol. The molecule has 6 nitrogen and oxygen atoms in total. The van der Waals surface area contributed by atoms with Crippen LogP contribution in [-0.2, 0) is 0 Å². The van der Waals surface area contributed by atoms with Crippen molar-refractivity contribution in [2.75, 3.05) is 18.4 Å². The van der Waals surface area contributed by atoms with E-state index >= 15 is 0 Å². The number of nitrogens with zero attached hydrogens (tertiary/aromatic N) is 3. The van der Waals surface area contributed by atoms with Crippen LogP contribution in [0.25, 0.3) is 33.1 Å². The Kier molecular flexibility index (Phi) is 4.09. The second-order valence-corrected chi connectivity index (χ2v) is 8.07. The molecule has 1 atom stereocenters. The number of nitrogens with one attached hydrogen (secondary N) is 2. The fraction of sp³-hybridized carbons (Fsp3) is 0.160. The third-order valence-electron chi connectivity index (χ3n) is 6.10. The van der Waals surface area contributed by atoms with E-state index in [2.05, 4.69) is 34.6 Å². The van der Waals surface area contributed by atoms with Crippen molar-refractivity contribution in [2.45, 2.75) is 12.3 Å². The lowest BCUT2D eigenvalue weighted by Gasteiger charge is -2.17. The van der Waals surface area contributed by atoms with Gasteiger partial charge in [0.2, 0.25) is 0 Å². The van der Waals surface area contributed by atoms with E-state index in [1.54, 1.807) is 0 Å². The minimum absolute atomic E-state index is 0.0610. The van der Waals surface area contributed by atoms with Crippen molar-refractivity contribution in [3.8, 4) is 0 Å². The molecule has 3 heterocycles. The van der Waals surface area contributed by atoms with Crippen molar-refractivity contribution in [2.24, 2.45) is 0 Å². The zero-order chi connectivity index (χ0) is 20.8. The molecular formula is C25H21N5O. The van der Waals surface area contributed by atoms with Crippen molar-refractivity contribution in [3.63, 3.8) is 0 Å². The van der Waals surface area contributed by atoms with Crippen molar-refractivity contribution in [3.05, 3.63) is 78.4 Å². The quantitative estimate of drug-likeness (QED) is 0.418. The number of benzene rings is 3. The molecule has 6 heteroatoms. The highest BCUT2D eigenvalue weighted by atomic mass is 16.2. The number of amides is 2. The number of hydrogen-bond acceptors (Lipinski definition) is 3. The molecule has 1 fully saturated rings. The molecule has 0 saturated carbocycles. The Labute approximate surface area is 178 Å². The third-order valence-corrected chi connectivity index (χ3v) is 6.10. The van der Waals surface area contributed by atoms with E-state index in [1.165, 1.54) is 5.56 Å². The van der Waals surface area contributed by atoms with Gasteiger partial charge in [-0.05, 0) is 42.3 Å². The van der Waals surface area contributed by atoms with Gasteiger partial charge in [0.1, 0.15) is 5.52 Å². The lowest BCUT2D eigenvalue weighted by molar-refractivity contribution is 0.222. The molecule has 0 radical (unpaired) electrons. The Hall–Kier alpha value is -3.93. The lowest BCUT2D eigenvalue weighted by Crippen LogP contribution is -2.32. The van der Waals surface area contributed by atoms with Crippen LogP contribution in [0.1, 0.15) is 17.9 Å². The summed E-state index contributed by atoms with van der Waals surface area (Å²) in [5.74, 6) is 0.395. The summed E-state index contributed by atoms with van der Waals surface area (Å²) in [6, 6.07) is 24.1. The second-order valence-electron chi connectivity index (χ2n) is 8.07. The molecule has 0 spiro atoms. The highest BCUT2D eigenvalue weighted by Gasteiger charge is 2.27. The molecule has 2 N–H and O–H groups in total. The number of rotatable bonds is 2. The van der Waals surface area contributed by atoms with Gasteiger partial charge < -0.3 is 15.2 Å². The van der Waals surface area contributed by atoms with Crippen molar-refractivity contribution in [1.82, 2.24) is 19.9 Å². The van der Waals surface area contributed by atoms with E-state index in [0.29, 0.717) is 5.92 Å². The van der Waals surface area contributed by atoms with Gasteiger partial charge >= 0.3 is 6.03 Å². The normalized spacial score (nSPS) is 16.4. The van der Waals surface area contributed by atoms with E-state index in [0.717, 1.165) is 58.3 Å². The number of H-pyrrole nitrogens is 1. The van der Waals surface area contributed by atoms with Gasteiger partial charge in [-0.3, -0.25) is 0 Å². The molecule has 6 rings (SSSR count). The molecular weight excluding hydrogens is 386 g/mol. The molecule has 1 aliphatic rings. The maximum Gasteiger partial charge on any atom is 0.321 e. The molecule has 2 aromatic heterocycles. The van der Waals surface area contributed by atoms with Crippen LogP contribution in [0.5, 0.6) is 0 Å². The van der Waals surface area contributed by atoms with Gasteiger partial charge in [0.05, 0.1) is 11.0 Å². The Balaban J connectivity index is 1.27. The topological polar surface area (TPSA) is 73.9 Å². The minimum atomic E-state index is -0.0610. The molecule has 2 amide bonds. The number of aromatic amines is 1. The summed E-state index contributed by atoms with van der Waals surface area (Å²) in [6.45, 7) is 1.50. The SMILES string of the molecule is O=C(Nc1ccc2[nH]c3nc4ccccc4nc3c2c1)N1CC[C@@H](c2ccccc2)C1. The van der Waals surface area contributed by atoms with Crippen LogP contribution in [0.4, 0.5) is 10.5 Å². The van der Waals surface area contributed by atoms with E-state index in [4.69, 9.17) is 9.97 Å². The number of anilines is 1. The molecule has 1 aliphatic heterocycles. The van der Waals surface area contributed by atoms with Gasteiger partial charge in [-0.1, -0.05) is 42.5 Å². The predicted octanol–water partition coefficient (Wildman–Crippen LogP) is 5.29. The molecule has 1 saturated heterocycles. The van der Waals surface area contributed by atoms with Gasteiger partial charge in [0, 0.05) is 35.6 Å². The van der Waals surface area contributed by atoms with Gasteiger partial charge in [-0.2, -0.15) is 0 Å². The van der Waals surface area contributed by atoms with Crippen LogP contribution in [0.3, 0.4) is 0 Å². The van der Waals surface area contributed by atoms with Crippen molar-refractivity contribution >= 4 is 44.8 Å². The Morgan fingerprint density at radius 3 is 2.58 bits per heavy atom. The largest absolute Gasteiger partial charge is 0.338 e.